The fourth-order valence-corrected chi connectivity index (χ4v) is 1.65. The van der Waals surface area contributed by atoms with Gasteiger partial charge in [0.05, 0.1) is 15.8 Å². The Hall–Kier alpha value is -2.44. The Bertz CT molecular complexity index is 607. The highest BCUT2D eigenvalue weighted by atomic mass is 19.1. The number of non-ortho nitro benzene ring substituents is 1. The first kappa shape index (κ1) is 11.1. The molecule has 0 spiro atoms. The van der Waals surface area contributed by atoms with E-state index >= 15 is 0 Å². The lowest BCUT2D eigenvalue weighted by Gasteiger charge is -2.06. The van der Waals surface area contributed by atoms with E-state index in [1.54, 1.807) is 0 Å². The first-order valence-electron chi connectivity index (χ1n) is 4.63. The summed E-state index contributed by atoms with van der Waals surface area (Å²) in [5, 5.41) is 19.5. The largest absolute Gasteiger partial charge is 0.478 e. The quantitative estimate of drug-likeness (QED) is 0.655. The summed E-state index contributed by atoms with van der Waals surface area (Å²) >= 11 is 0. The summed E-state index contributed by atoms with van der Waals surface area (Å²) in [7, 11) is 0. The first-order valence-corrected chi connectivity index (χ1v) is 4.63. The van der Waals surface area contributed by atoms with Gasteiger partial charge in [0.2, 0.25) is 0 Å². The van der Waals surface area contributed by atoms with Crippen molar-refractivity contribution in [3.63, 3.8) is 0 Å². The number of nitro groups is 1. The van der Waals surface area contributed by atoms with Crippen molar-refractivity contribution in [3.8, 4) is 0 Å². The molecule has 1 N–H and O–H groups in total. The third-order valence-electron chi connectivity index (χ3n) is 2.38. The number of nitro benzene ring substituents is 1. The molecule has 0 bridgehead atoms. The van der Waals surface area contributed by atoms with Crippen LogP contribution < -0.4 is 0 Å². The van der Waals surface area contributed by atoms with Crippen molar-refractivity contribution in [1.82, 2.24) is 4.57 Å². The minimum Gasteiger partial charge on any atom is -0.478 e. The Labute approximate surface area is 94.0 Å². The number of alkyl halides is 1. The lowest BCUT2D eigenvalue weighted by atomic mass is 10.2. The topological polar surface area (TPSA) is 85.4 Å². The number of carbonyl (C=O) groups is 1. The Morgan fingerprint density at radius 1 is 1.47 bits per heavy atom. The number of carboxylic acid groups (broad SMARTS) is 1. The number of aliphatic carboxylic acids is 1. The summed E-state index contributed by atoms with van der Waals surface area (Å²) in [5.41, 5.74) is -0.00654. The van der Waals surface area contributed by atoms with E-state index in [1.807, 2.05) is 0 Å². The fraction of sp³-hybridized carbons (Fsp3) is 0.100. The molecular weight excluding hydrogens is 231 g/mol. The van der Waals surface area contributed by atoms with Crippen LogP contribution in [0.3, 0.4) is 0 Å². The summed E-state index contributed by atoms with van der Waals surface area (Å²) < 4.78 is 14.2. The van der Waals surface area contributed by atoms with Gasteiger partial charge in [-0.1, -0.05) is 6.07 Å². The van der Waals surface area contributed by atoms with Gasteiger partial charge >= 0.3 is 5.97 Å². The van der Waals surface area contributed by atoms with Gasteiger partial charge in [0.15, 0.2) is 0 Å². The molecule has 17 heavy (non-hydrogen) atoms. The van der Waals surface area contributed by atoms with Gasteiger partial charge in [0, 0.05) is 12.3 Å². The molecule has 1 unspecified atom stereocenters. The molecule has 1 aromatic carbocycles. The molecule has 0 aliphatic carbocycles. The van der Waals surface area contributed by atoms with E-state index in [2.05, 4.69) is 0 Å². The molecule has 6 nitrogen and oxygen atoms in total. The van der Waals surface area contributed by atoms with Crippen LogP contribution in [0.1, 0.15) is 6.30 Å². The number of aromatic nitrogens is 1. The van der Waals surface area contributed by atoms with Crippen LogP contribution in [0.5, 0.6) is 0 Å². The molecule has 7 heteroatoms. The molecule has 0 saturated heterocycles. The van der Waals surface area contributed by atoms with Crippen LogP contribution >= 0.6 is 0 Å². The Balaban J connectivity index is 2.66. The van der Waals surface area contributed by atoms with E-state index in [-0.39, 0.29) is 16.6 Å². The smallest absolute Gasteiger partial charge is 0.359 e. The molecule has 0 amide bonds. The average molecular weight is 238 g/mol. The van der Waals surface area contributed by atoms with E-state index in [4.69, 9.17) is 5.11 Å². The van der Waals surface area contributed by atoms with Crippen molar-refractivity contribution in [2.75, 3.05) is 0 Å². The first-order chi connectivity index (χ1) is 8.02. The van der Waals surface area contributed by atoms with Crippen molar-refractivity contribution >= 4 is 22.6 Å². The SMILES string of the molecule is O=C(O)C(F)n1ccc2c([N+](=O)[O-])cccc21. The molecule has 1 heterocycles. The van der Waals surface area contributed by atoms with Gasteiger partial charge in [-0.15, -0.1) is 0 Å². The molecule has 0 aliphatic heterocycles. The Morgan fingerprint density at radius 2 is 2.18 bits per heavy atom. The molecule has 1 atom stereocenters. The molecule has 0 aliphatic rings. The zero-order valence-corrected chi connectivity index (χ0v) is 8.41. The van der Waals surface area contributed by atoms with Gasteiger partial charge in [0.25, 0.3) is 12.0 Å². The van der Waals surface area contributed by atoms with E-state index in [9.17, 15) is 19.3 Å². The van der Waals surface area contributed by atoms with Crippen LogP contribution in [0, 0.1) is 10.1 Å². The highest BCUT2D eigenvalue weighted by Crippen LogP contribution is 2.28. The second kappa shape index (κ2) is 3.85. The lowest BCUT2D eigenvalue weighted by molar-refractivity contribution is -0.383. The maximum absolute atomic E-state index is 13.3. The monoisotopic (exact) mass is 238 g/mol. The normalized spacial score (nSPS) is 12.5. The predicted octanol–water partition coefficient (Wildman–Crippen LogP) is 2.10. The second-order valence-corrected chi connectivity index (χ2v) is 3.36. The van der Waals surface area contributed by atoms with Crippen LogP contribution in [0.2, 0.25) is 0 Å². The molecule has 2 rings (SSSR count). The van der Waals surface area contributed by atoms with Crippen LogP contribution in [-0.4, -0.2) is 20.6 Å². The zero-order chi connectivity index (χ0) is 12.6. The van der Waals surface area contributed by atoms with Gasteiger partial charge in [-0.25, -0.2) is 9.18 Å². The van der Waals surface area contributed by atoms with E-state index in [0.717, 1.165) is 4.57 Å². The molecular formula is C10H7FN2O4. The number of rotatable bonds is 3. The molecule has 0 radical (unpaired) electrons. The molecule has 1 aromatic heterocycles. The molecule has 0 fully saturated rings. The molecule has 2 aromatic rings. The minimum atomic E-state index is -2.26. The van der Waals surface area contributed by atoms with E-state index in [0.29, 0.717) is 0 Å². The van der Waals surface area contributed by atoms with E-state index in [1.165, 1.54) is 30.5 Å². The predicted molar refractivity (Wildman–Crippen MR) is 56.4 cm³/mol. The Morgan fingerprint density at radius 3 is 2.76 bits per heavy atom. The number of hydrogen-bond donors (Lipinski definition) is 1. The van der Waals surface area contributed by atoms with Gasteiger partial charge < -0.3 is 9.67 Å². The van der Waals surface area contributed by atoms with Crippen LogP contribution in [-0.2, 0) is 4.79 Å². The summed E-state index contributed by atoms with van der Waals surface area (Å²) in [6.07, 6.45) is -1.08. The average Bonchev–Trinajstić information content (AvgIpc) is 2.70. The molecule has 0 saturated carbocycles. The van der Waals surface area contributed by atoms with Gasteiger partial charge in [-0.2, -0.15) is 0 Å². The van der Waals surface area contributed by atoms with Crippen molar-refractivity contribution < 1.29 is 19.2 Å². The van der Waals surface area contributed by atoms with Gasteiger partial charge in [0.1, 0.15) is 0 Å². The number of fused-ring (bicyclic) bond motifs is 1. The summed E-state index contributed by atoms with van der Waals surface area (Å²) in [5.74, 6) is -1.64. The number of nitrogens with zero attached hydrogens (tertiary/aromatic N) is 2. The van der Waals surface area contributed by atoms with E-state index < -0.39 is 17.2 Å². The highest BCUT2D eigenvalue weighted by Gasteiger charge is 2.22. The second-order valence-electron chi connectivity index (χ2n) is 3.36. The lowest BCUT2D eigenvalue weighted by Crippen LogP contribution is -2.13. The fourth-order valence-electron chi connectivity index (χ4n) is 1.65. The third-order valence-corrected chi connectivity index (χ3v) is 2.38. The van der Waals surface area contributed by atoms with Crippen LogP contribution in [0.25, 0.3) is 10.9 Å². The van der Waals surface area contributed by atoms with Crippen molar-refractivity contribution in [3.05, 3.63) is 40.6 Å². The summed E-state index contributed by atoms with van der Waals surface area (Å²) in [6, 6.07) is 5.41. The summed E-state index contributed by atoms with van der Waals surface area (Å²) in [6.45, 7) is 0. The number of halogens is 1. The Kier molecular flexibility index (Phi) is 2.51. The van der Waals surface area contributed by atoms with Gasteiger partial charge in [-0.3, -0.25) is 10.1 Å². The maximum atomic E-state index is 13.3. The minimum absolute atomic E-state index is 0.175. The number of benzene rings is 1. The molecule has 88 valence electrons. The highest BCUT2D eigenvalue weighted by molar-refractivity contribution is 5.90. The maximum Gasteiger partial charge on any atom is 0.359 e. The van der Waals surface area contributed by atoms with Gasteiger partial charge in [-0.05, 0) is 12.1 Å². The number of hydrogen-bond acceptors (Lipinski definition) is 3. The van der Waals surface area contributed by atoms with Crippen molar-refractivity contribution in [2.45, 2.75) is 6.30 Å². The zero-order valence-electron chi connectivity index (χ0n) is 8.41. The summed E-state index contributed by atoms with van der Waals surface area (Å²) in [4.78, 5) is 20.6. The van der Waals surface area contributed by atoms with Crippen LogP contribution in [0.4, 0.5) is 10.1 Å². The third kappa shape index (κ3) is 1.71. The van der Waals surface area contributed by atoms with Crippen molar-refractivity contribution in [2.24, 2.45) is 0 Å². The standard InChI is InChI=1S/C10H7FN2O4/c11-9(10(14)15)12-5-4-6-7(12)2-1-3-8(6)13(16)17/h1-5,9H,(H,14,15). The number of carboxylic acids is 1. The van der Waals surface area contributed by atoms with Crippen LogP contribution in [0.15, 0.2) is 30.5 Å². The van der Waals surface area contributed by atoms with Crippen molar-refractivity contribution in [1.29, 1.82) is 0 Å².